The van der Waals surface area contributed by atoms with Crippen LogP contribution in [0.25, 0.3) is 0 Å². The second-order valence-electron chi connectivity index (χ2n) is 4.40. The maximum Gasteiger partial charge on any atom is 0.142 e. The molecule has 0 amide bonds. The Morgan fingerprint density at radius 2 is 1.67 bits per heavy atom. The summed E-state index contributed by atoms with van der Waals surface area (Å²) in [5.41, 5.74) is 0.155. The van der Waals surface area contributed by atoms with Gasteiger partial charge in [-0.3, -0.25) is 0 Å². The van der Waals surface area contributed by atoms with Crippen LogP contribution in [0.5, 0.6) is 5.75 Å². The first-order chi connectivity index (χ1) is 9.97. The first-order valence-corrected chi connectivity index (χ1v) is 6.51. The van der Waals surface area contributed by atoms with Crippen molar-refractivity contribution < 1.29 is 17.9 Å². The van der Waals surface area contributed by atoms with Crippen LogP contribution in [0.15, 0.2) is 30.3 Å². The van der Waals surface area contributed by atoms with Crippen molar-refractivity contribution in [2.24, 2.45) is 0 Å². The van der Waals surface area contributed by atoms with Gasteiger partial charge in [0.15, 0.2) is 0 Å². The molecule has 2 rings (SSSR count). The van der Waals surface area contributed by atoms with E-state index in [0.29, 0.717) is 5.75 Å². The van der Waals surface area contributed by atoms with Gasteiger partial charge in [-0.25, -0.2) is 13.2 Å². The largest absolute Gasteiger partial charge is 0.497 e. The second kappa shape index (κ2) is 6.37. The van der Waals surface area contributed by atoms with Gasteiger partial charge in [0.1, 0.15) is 23.2 Å². The lowest BCUT2D eigenvalue weighted by atomic mass is 9.97. The molecule has 1 N–H and O–H groups in total. The van der Waals surface area contributed by atoms with Gasteiger partial charge in [-0.1, -0.05) is 17.7 Å². The van der Waals surface area contributed by atoms with E-state index in [1.165, 1.54) is 26.3 Å². The molecule has 112 valence electrons. The third kappa shape index (κ3) is 3.14. The highest BCUT2D eigenvalue weighted by Gasteiger charge is 2.21. The Kier molecular flexibility index (Phi) is 4.75. The Bertz CT molecular complexity index is 664. The third-order valence-electron chi connectivity index (χ3n) is 3.16. The second-order valence-corrected chi connectivity index (χ2v) is 4.80. The first-order valence-electron chi connectivity index (χ1n) is 6.13. The van der Waals surface area contributed by atoms with Gasteiger partial charge in [0.25, 0.3) is 0 Å². The number of hydrogen-bond acceptors (Lipinski definition) is 2. The Morgan fingerprint density at radius 1 is 1.00 bits per heavy atom. The lowest BCUT2D eigenvalue weighted by molar-refractivity contribution is 0.410. The van der Waals surface area contributed by atoms with Crippen LogP contribution in [0.4, 0.5) is 13.2 Å². The third-order valence-corrected chi connectivity index (χ3v) is 3.45. The summed E-state index contributed by atoms with van der Waals surface area (Å²) in [6.45, 7) is 0. The standard InChI is InChI=1S/C15H13ClF3NO/c1-20-15(9-4-3-8(21-2)5-12(9)17)10-6-14(19)11(16)7-13(10)18/h3-7,15,20H,1-2H3. The van der Waals surface area contributed by atoms with Gasteiger partial charge < -0.3 is 10.1 Å². The molecule has 0 radical (unpaired) electrons. The molecule has 6 heteroatoms. The minimum absolute atomic E-state index is 0.0246. The van der Waals surface area contributed by atoms with Crippen LogP contribution in [-0.2, 0) is 0 Å². The minimum Gasteiger partial charge on any atom is -0.497 e. The lowest BCUT2D eigenvalue weighted by Gasteiger charge is -2.19. The Balaban J connectivity index is 2.52. The van der Waals surface area contributed by atoms with Crippen LogP contribution < -0.4 is 10.1 Å². The zero-order chi connectivity index (χ0) is 15.6. The number of rotatable bonds is 4. The quantitative estimate of drug-likeness (QED) is 0.859. The zero-order valence-electron chi connectivity index (χ0n) is 11.4. The Hall–Kier alpha value is -1.72. The highest BCUT2D eigenvalue weighted by Crippen LogP contribution is 2.30. The first kappa shape index (κ1) is 15.7. The molecule has 0 bridgehead atoms. The summed E-state index contributed by atoms with van der Waals surface area (Å²) in [6.07, 6.45) is 0. The van der Waals surface area contributed by atoms with Crippen molar-refractivity contribution in [2.75, 3.05) is 14.2 Å². The number of halogens is 4. The zero-order valence-corrected chi connectivity index (χ0v) is 12.1. The highest BCUT2D eigenvalue weighted by molar-refractivity contribution is 6.30. The van der Waals surface area contributed by atoms with E-state index in [1.54, 1.807) is 6.07 Å². The van der Waals surface area contributed by atoms with Gasteiger partial charge in [-0.2, -0.15) is 0 Å². The predicted octanol–water partition coefficient (Wildman–Crippen LogP) is 4.07. The van der Waals surface area contributed by atoms with Gasteiger partial charge >= 0.3 is 0 Å². The Morgan fingerprint density at radius 3 is 2.24 bits per heavy atom. The van der Waals surface area contributed by atoms with Gasteiger partial charge in [0.2, 0.25) is 0 Å². The summed E-state index contributed by atoms with van der Waals surface area (Å²) < 4.78 is 46.6. The number of benzene rings is 2. The van der Waals surface area contributed by atoms with Crippen LogP contribution in [0.2, 0.25) is 5.02 Å². The van der Waals surface area contributed by atoms with E-state index in [2.05, 4.69) is 5.32 Å². The molecule has 1 unspecified atom stereocenters. The van der Waals surface area contributed by atoms with E-state index in [4.69, 9.17) is 16.3 Å². The summed E-state index contributed by atoms with van der Waals surface area (Å²) in [5.74, 6) is -1.71. The lowest BCUT2D eigenvalue weighted by Crippen LogP contribution is -2.20. The van der Waals surface area contributed by atoms with E-state index in [9.17, 15) is 13.2 Å². The molecule has 0 saturated heterocycles. The van der Waals surface area contributed by atoms with Crippen LogP contribution in [0, 0.1) is 17.5 Å². The summed E-state index contributed by atoms with van der Waals surface area (Å²) in [6, 6.07) is 5.18. The normalized spacial score (nSPS) is 12.3. The fourth-order valence-corrected chi connectivity index (χ4v) is 2.26. The number of nitrogens with one attached hydrogen (secondary N) is 1. The van der Waals surface area contributed by atoms with Gasteiger partial charge in [-0.05, 0) is 25.2 Å². The minimum atomic E-state index is -0.845. The van der Waals surface area contributed by atoms with Crippen LogP contribution in [-0.4, -0.2) is 14.2 Å². The topological polar surface area (TPSA) is 21.3 Å². The van der Waals surface area contributed by atoms with Crippen LogP contribution >= 0.6 is 11.6 Å². The van der Waals surface area contributed by atoms with Gasteiger partial charge in [-0.15, -0.1) is 0 Å². The van der Waals surface area contributed by atoms with Gasteiger partial charge in [0, 0.05) is 17.2 Å². The molecular formula is C15H13ClF3NO. The average molecular weight is 316 g/mol. The Labute approximate surface area is 125 Å². The molecule has 0 fully saturated rings. The molecule has 0 aliphatic heterocycles. The summed E-state index contributed by atoms with van der Waals surface area (Å²) in [5, 5.41) is 2.45. The van der Waals surface area contributed by atoms with Crippen molar-refractivity contribution in [3.63, 3.8) is 0 Å². The van der Waals surface area contributed by atoms with E-state index in [1.807, 2.05) is 0 Å². The molecule has 0 heterocycles. The summed E-state index contributed by atoms with van der Waals surface area (Å²) in [7, 11) is 2.94. The highest BCUT2D eigenvalue weighted by atomic mass is 35.5. The van der Waals surface area contributed by atoms with Crippen molar-refractivity contribution in [1.82, 2.24) is 5.32 Å². The smallest absolute Gasteiger partial charge is 0.142 e. The maximum atomic E-state index is 14.1. The predicted molar refractivity (Wildman–Crippen MR) is 75.2 cm³/mol. The van der Waals surface area contributed by atoms with Crippen LogP contribution in [0.3, 0.4) is 0 Å². The molecule has 0 aliphatic rings. The molecule has 0 spiro atoms. The van der Waals surface area contributed by atoms with Crippen molar-refractivity contribution >= 4 is 11.6 Å². The molecule has 1 atom stereocenters. The van der Waals surface area contributed by atoms with Crippen molar-refractivity contribution in [1.29, 1.82) is 0 Å². The van der Waals surface area contributed by atoms with Crippen molar-refractivity contribution in [3.05, 3.63) is 63.9 Å². The van der Waals surface area contributed by atoms with Crippen LogP contribution in [0.1, 0.15) is 17.2 Å². The molecule has 0 saturated carbocycles. The SMILES string of the molecule is CNC(c1ccc(OC)cc1F)c1cc(F)c(Cl)cc1F. The number of methoxy groups -OCH3 is 1. The van der Waals surface area contributed by atoms with E-state index in [0.717, 1.165) is 12.1 Å². The molecule has 0 aliphatic carbocycles. The summed E-state index contributed by atoms with van der Waals surface area (Å²) in [4.78, 5) is 0. The number of hydrogen-bond donors (Lipinski definition) is 1. The molecule has 2 aromatic rings. The van der Waals surface area contributed by atoms with E-state index in [-0.39, 0.29) is 16.1 Å². The van der Waals surface area contributed by atoms with E-state index >= 15 is 0 Å². The summed E-state index contributed by atoms with van der Waals surface area (Å²) >= 11 is 5.52. The van der Waals surface area contributed by atoms with E-state index < -0.39 is 23.5 Å². The maximum absolute atomic E-state index is 14.1. The molecule has 21 heavy (non-hydrogen) atoms. The monoisotopic (exact) mass is 315 g/mol. The fraction of sp³-hybridized carbons (Fsp3) is 0.200. The van der Waals surface area contributed by atoms with Crippen molar-refractivity contribution in [3.8, 4) is 5.75 Å². The number of ether oxygens (including phenoxy) is 1. The molecule has 0 aromatic heterocycles. The molecular weight excluding hydrogens is 303 g/mol. The molecule has 2 aromatic carbocycles. The molecule has 2 nitrogen and oxygen atoms in total. The fourth-order valence-electron chi connectivity index (χ4n) is 2.11. The average Bonchev–Trinajstić information content (AvgIpc) is 2.46. The van der Waals surface area contributed by atoms with Crippen molar-refractivity contribution in [2.45, 2.75) is 6.04 Å². The van der Waals surface area contributed by atoms with Gasteiger partial charge in [0.05, 0.1) is 18.2 Å².